The quantitative estimate of drug-likeness (QED) is 0.712. The molecule has 1 amide bonds. The Morgan fingerprint density at radius 3 is 2.95 bits per heavy atom. The summed E-state index contributed by atoms with van der Waals surface area (Å²) in [4.78, 5) is 22.3. The minimum atomic E-state index is -0.968. The summed E-state index contributed by atoms with van der Waals surface area (Å²) in [6.07, 6.45) is 3.73. The number of nitrogens with one attached hydrogen (secondary N) is 1. The summed E-state index contributed by atoms with van der Waals surface area (Å²) in [7, 11) is 0. The zero-order valence-corrected chi connectivity index (χ0v) is 11.9. The van der Waals surface area contributed by atoms with Crippen molar-refractivity contribution in [2.24, 2.45) is 0 Å². The number of rotatable bonds is 8. The smallest absolute Gasteiger partial charge is 0.325 e. The van der Waals surface area contributed by atoms with Gasteiger partial charge in [-0.15, -0.1) is 11.8 Å². The molecule has 1 rings (SSSR count). The number of carboxylic acid groups (broad SMARTS) is 1. The number of amides is 1. The van der Waals surface area contributed by atoms with E-state index in [4.69, 9.17) is 5.11 Å². The standard InChI is InChI=1S/C12H19N3O3S/c1-3-4-7-19-9(2)12(18)13-10-5-6-15(14-10)8-11(16)17/h5-6,9H,3-4,7-8H2,1-2H3,(H,16,17)(H,13,14,18). The van der Waals surface area contributed by atoms with Gasteiger partial charge in [0.05, 0.1) is 5.25 Å². The summed E-state index contributed by atoms with van der Waals surface area (Å²) in [5.41, 5.74) is 0. The highest BCUT2D eigenvalue weighted by molar-refractivity contribution is 8.00. The average molecular weight is 285 g/mol. The highest BCUT2D eigenvalue weighted by Gasteiger charge is 2.14. The van der Waals surface area contributed by atoms with Gasteiger partial charge in [0.15, 0.2) is 5.82 Å². The van der Waals surface area contributed by atoms with Gasteiger partial charge in [0.1, 0.15) is 6.54 Å². The molecule has 0 bridgehead atoms. The maximum Gasteiger partial charge on any atom is 0.325 e. The number of aromatic nitrogens is 2. The van der Waals surface area contributed by atoms with E-state index in [1.54, 1.807) is 17.8 Å². The Kier molecular flexibility index (Phi) is 6.41. The van der Waals surface area contributed by atoms with E-state index in [9.17, 15) is 9.59 Å². The van der Waals surface area contributed by atoms with Crippen LogP contribution in [0.4, 0.5) is 5.82 Å². The highest BCUT2D eigenvalue weighted by Crippen LogP contribution is 2.14. The van der Waals surface area contributed by atoms with Gasteiger partial charge in [-0.2, -0.15) is 5.10 Å². The van der Waals surface area contributed by atoms with E-state index in [0.29, 0.717) is 5.82 Å². The molecule has 1 unspecified atom stereocenters. The van der Waals surface area contributed by atoms with Crippen LogP contribution in [-0.2, 0) is 16.1 Å². The van der Waals surface area contributed by atoms with Gasteiger partial charge in [0.25, 0.3) is 0 Å². The second kappa shape index (κ2) is 7.83. The maximum atomic E-state index is 11.8. The number of carbonyl (C=O) groups is 2. The van der Waals surface area contributed by atoms with Crippen molar-refractivity contribution < 1.29 is 14.7 Å². The molecule has 1 aromatic rings. The molecular formula is C12H19N3O3S. The van der Waals surface area contributed by atoms with E-state index in [2.05, 4.69) is 17.3 Å². The summed E-state index contributed by atoms with van der Waals surface area (Å²) < 4.78 is 1.27. The van der Waals surface area contributed by atoms with Crippen molar-refractivity contribution in [2.75, 3.05) is 11.1 Å². The molecule has 2 N–H and O–H groups in total. The van der Waals surface area contributed by atoms with Gasteiger partial charge >= 0.3 is 5.97 Å². The van der Waals surface area contributed by atoms with Crippen LogP contribution >= 0.6 is 11.8 Å². The SMILES string of the molecule is CCCCSC(C)C(=O)Nc1ccn(CC(=O)O)n1. The van der Waals surface area contributed by atoms with Gasteiger partial charge in [-0.1, -0.05) is 13.3 Å². The number of carbonyl (C=O) groups excluding carboxylic acids is 1. The maximum absolute atomic E-state index is 11.8. The van der Waals surface area contributed by atoms with Crippen LogP contribution in [0.5, 0.6) is 0 Å². The predicted octanol–water partition coefficient (Wildman–Crippen LogP) is 1.83. The third-order valence-electron chi connectivity index (χ3n) is 2.42. The first-order valence-electron chi connectivity index (χ1n) is 6.20. The van der Waals surface area contributed by atoms with Gasteiger partial charge in [0, 0.05) is 12.3 Å². The van der Waals surface area contributed by atoms with Crippen molar-refractivity contribution in [3.8, 4) is 0 Å². The molecule has 7 heteroatoms. The van der Waals surface area contributed by atoms with Gasteiger partial charge < -0.3 is 10.4 Å². The Morgan fingerprint density at radius 2 is 2.32 bits per heavy atom. The van der Waals surface area contributed by atoms with Crippen molar-refractivity contribution in [1.82, 2.24) is 9.78 Å². The molecule has 1 heterocycles. The lowest BCUT2D eigenvalue weighted by Gasteiger charge is -2.09. The lowest BCUT2D eigenvalue weighted by Crippen LogP contribution is -2.23. The zero-order valence-electron chi connectivity index (χ0n) is 11.1. The molecule has 0 aliphatic carbocycles. The third kappa shape index (κ3) is 5.78. The van der Waals surface area contributed by atoms with Crippen LogP contribution in [0.2, 0.25) is 0 Å². The molecule has 106 valence electrons. The fourth-order valence-electron chi connectivity index (χ4n) is 1.36. The topological polar surface area (TPSA) is 84.2 Å². The van der Waals surface area contributed by atoms with Crippen molar-refractivity contribution in [2.45, 2.75) is 38.5 Å². The largest absolute Gasteiger partial charge is 0.480 e. The first-order valence-corrected chi connectivity index (χ1v) is 7.25. The lowest BCUT2D eigenvalue weighted by molar-refractivity contribution is -0.137. The number of nitrogens with zero attached hydrogens (tertiary/aromatic N) is 2. The third-order valence-corrected chi connectivity index (χ3v) is 3.66. The van der Waals surface area contributed by atoms with Gasteiger partial charge in [-0.3, -0.25) is 14.3 Å². The average Bonchev–Trinajstić information content (AvgIpc) is 2.75. The van der Waals surface area contributed by atoms with Crippen LogP contribution in [0.1, 0.15) is 26.7 Å². The molecule has 0 fully saturated rings. The van der Waals surface area contributed by atoms with Gasteiger partial charge in [0.2, 0.25) is 5.91 Å². The Morgan fingerprint density at radius 1 is 1.58 bits per heavy atom. The van der Waals surface area contributed by atoms with Gasteiger partial charge in [-0.25, -0.2) is 0 Å². The van der Waals surface area contributed by atoms with E-state index in [1.165, 1.54) is 10.9 Å². The van der Waals surface area contributed by atoms with Crippen LogP contribution in [0.15, 0.2) is 12.3 Å². The van der Waals surface area contributed by atoms with E-state index in [0.717, 1.165) is 18.6 Å². The summed E-state index contributed by atoms with van der Waals surface area (Å²) in [6, 6.07) is 1.59. The Balaban J connectivity index is 2.43. The second-order valence-electron chi connectivity index (χ2n) is 4.15. The van der Waals surface area contributed by atoms with Crippen LogP contribution in [0, 0.1) is 0 Å². The number of aliphatic carboxylic acids is 1. The molecule has 0 aliphatic rings. The van der Waals surface area contributed by atoms with E-state index in [-0.39, 0.29) is 17.7 Å². The summed E-state index contributed by atoms with van der Waals surface area (Å²) in [6.45, 7) is 3.75. The number of thioether (sulfide) groups is 1. The summed E-state index contributed by atoms with van der Waals surface area (Å²) in [5.74, 6) is 0.263. The van der Waals surface area contributed by atoms with Crippen LogP contribution < -0.4 is 5.32 Å². The fourth-order valence-corrected chi connectivity index (χ4v) is 2.38. The number of carboxylic acids is 1. The molecule has 6 nitrogen and oxygen atoms in total. The molecule has 1 atom stereocenters. The summed E-state index contributed by atoms with van der Waals surface area (Å²) >= 11 is 1.61. The van der Waals surface area contributed by atoms with Crippen LogP contribution in [0.3, 0.4) is 0 Å². The van der Waals surface area contributed by atoms with Crippen molar-refractivity contribution in [3.05, 3.63) is 12.3 Å². The van der Waals surface area contributed by atoms with Crippen molar-refractivity contribution >= 4 is 29.5 Å². The van der Waals surface area contributed by atoms with Crippen molar-refractivity contribution in [1.29, 1.82) is 0 Å². The first-order chi connectivity index (χ1) is 9.02. The predicted molar refractivity (Wildman–Crippen MR) is 75.3 cm³/mol. The van der Waals surface area contributed by atoms with Crippen LogP contribution in [0.25, 0.3) is 0 Å². The number of anilines is 1. The number of hydrogen-bond acceptors (Lipinski definition) is 4. The fraction of sp³-hybridized carbons (Fsp3) is 0.583. The molecule has 0 aliphatic heterocycles. The molecule has 19 heavy (non-hydrogen) atoms. The van der Waals surface area contributed by atoms with E-state index < -0.39 is 5.97 Å². The van der Waals surface area contributed by atoms with E-state index in [1.807, 2.05) is 6.92 Å². The van der Waals surface area contributed by atoms with Crippen molar-refractivity contribution in [3.63, 3.8) is 0 Å². The zero-order chi connectivity index (χ0) is 14.3. The number of unbranched alkanes of at least 4 members (excludes halogenated alkanes) is 1. The molecule has 0 spiro atoms. The normalized spacial score (nSPS) is 12.1. The molecule has 0 radical (unpaired) electrons. The molecule has 0 saturated carbocycles. The molecule has 0 saturated heterocycles. The Hall–Kier alpha value is -1.50. The minimum Gasteiger partial charge on any atom is -0.480 e. The molecular weight excluding hydrogens is 266 g/mol. The molecule has 1 aromatic heterocycles. The van der Waals surface area contributed by atoms with E-state index >= 15 is 0 Å². The number of hydrogen-bond donors (Lipinski definition) is 2. The minimum absolute atomic E-state index is 0.110. The highest BCUT2D eigenvalue weighted by atomic mass is 32.2. The second-order valence-corrected chi connectivity index (χ2v) is 5.60. The van der Waals surface area contributed by atoms with Crippen LogP contribution in [-0.4, -0.2) is 37.8 Å². The monoisotopic (exact) mass is 285 g/mol. The van der Waals surface area contributed by atoms with Gasteiger partial charge in [-0.05, 0) is 19.1 Å². The summed E-state index contributed by atoms with van der Waals surface area (Å²) in [5, 5.41) is 15.1. The Labute approximate surface area is 116 Å². The Bertz CT molecular complexity index is 434. The molecule has 0 aromatic carbocycles. The lowest BCUT2D eigenvalue weighted by atomic mass is 10.4. The first kappa shape index (κ1) is 15.6.